The topological polar surface area (TPSA) is 67.4 Å². The predicted octanol–water partition coefficient (Wildman–Crippen LogP) is 5.80. The van der Waals surface area contributed by atoms with Gasteiger partial charge in [0.1, 0.15) is 5.75 Å². The van der Waals surface area contributed by atoms with Crippen LogP contribution in [0.5, 0.6) is 5.75 Å². The number of ether oxygens (including phenoxy) is 1. The minimum Gasteiger partial charge on any atom is -0.406 e. The second-order valence-electron chi connectivity index (χ2n) is 5.65. The maximum Gasteiger partial charge on any atom is 0.573 e. The van der Waals surface area contributed by atoms with E-state index in [0.29, 0.717) is 4.88 Å². The molecule has 2 amide bonds. The first-order chi connectivity index (χ1) is 13.7. The number of anilines is 2. The Labute approximate surface area is 172 Å². The third-order valence-corrected chi connectivity index (χ3v) is 4.77. The Hall–Kier alpha value is -3.04. The molecule has 0 unspecified atom stereocenters. The molecule has 2 N–H and O–H groups in total. The summed E-state index contributed by atoms with van der Waals surface area (Å²) in [6.07, 6.45) is -4.79. The first kappa shape index (κ1) is 20.7. The number of rotatable bonds is 5. The van der Waals surface area contributed by atoms with Gasteiger partial charge in [-0.3, -0.25) is 9.59 Å². The van der Waals surface area contributed by atoms with Crippen molar-refractivity contribution >= 4 is 46.1 Å². The van der Waals surface area contributed by atoms with Crippen molar-refractivity contribution < 1.29 is 27.5 Å². The number of benzene rings is 2. The van der Waals surface area contributed by atoms with E-state index in [9.17, 15) is 22.8 Å². The van der Waals surface area contributed by atoms with Crippen LogP contribution in [0.1, 0.15) is 20.0 Å². The van der Waals surface area contributed by atoms with Crippen LogP contribution in [0.15, 0.2) is 60.0 Å². The van der Waals surface area contributed by atoms with Gasteiger partial charge >= 0.3 is 6.36 Å². The molecule has 1 heterocycles. The largest absolute Gasteiger partial charge is 0.573 e. The molecule has 3 aromatic rings. The van der Waals surface area contributed by atoms with Crippen molar-refractivity contribution in [2.24, 2.45) is 0 Å². The van der Waals surface area contributed by atoms with Crippen molar-refractivity contribution in [3.63, 3.8) is 0 Å². The standard InChI is InChI=1S/C19H12ClF3N2O3S/c20-14-8-3-11(10-15(14)25-18(27)16-2-1-9-29-16)17(26)24-12-4-6-13(7-5-12)28-19(21,22)23/h1-10H,(H,24,26)(H,25,27). The summed E-state index contributed by atoms with van der Waals surface area (Å²) in [6, 6.07) is 12.4. The lowest BCUT2D eigenvalue weighted by Gasteiger charge is -2.11. The molecule has 3 rings (SSSR count). The van der Waals surface area contributed by atoms with Crippen LogP contribution >= 0.6 is 22.9 Å². The third kappa shape index (κ3) is 5.72. The van der Waals surface area contributed by atoms with Crippen LogP contribution < -0.4 is 15.4 Å². The molecule has 5 nitrogen and oxygen atoms in total. The van der Waals surface area contributed by atoms with E-state index >= 15 is 0 Å². The van der Waals surface area contributed by atoms with Gasteiger partial charge in [0, 0.05) is 11.3 Å². The van der Waals surface area contributed by atoms with E-state index in [1.807, 2.05) is 0 Å². The number of alkyl halides is 3. The third-order valence-electron chi connectivity index (χ3n) is 3.57. The number of hydrogen-bond donors (Lipinski definition) is 2. The van der Waals surface area contributed by atoms with Gasteiger partial charge in [0.05, 0.1) is 15.6 Å². The summed E-state index contributed by atoms with van der Waals surface area (Å²) in [6.45, 7) is 0. The molecule has 2 aromatic carbocycles. The van der Waals surface area contributed by atoms with E-state index in [-0.39, 0.29) is 27.9 Å². The molecule has 0 bridgehead atoms. The monoisotopic (exact) mass is 440 g/mol. The van der Waals surface area contributed by atoms with Gasteiger partial charge in [-0.1, -0.05) is 17.7 Å². The molecular weight excluding hydrogens is 429 g/mol. The van der Waals surface area contributed by atoms with Crippen molar-refractivity contribution in [3.05, 3.63) is 75.4 Å². The summed E-state index contributed by atoms with van der Waals surface area (Å²) in [7, 11) is 0. The molecular formula is C19H12ClF3N2O3S. The molecule has 0 aliphatic carbocycles. The van der Waals surface area contributed by atoms with Gasteiger partial charge in [0.15, 0.2) is 0 Å². The molecule has 0 radical (unpaired) electrons. The number of carbonyl (C=O) groups is 2. The van der Waals surface area contributed by atoms with E-state index < -0.39 is 18.0 Å². The Morgan fingerprint density at radius 1 is 0.966 bits per heavy atom. The smallest absolute Gasteiger partial charge is 0.406 e. The number of thiophene rings is 1. The van der Waals surface area contributed by atoms with Crippen LogP contribution in [0.25, 0.3) is 0 Å². The van der Waals surface area contributed by atoms with Gasteiger partial charge in [0.25, 0.3) is 11.8 Å². The van der Waals surface area contributed by atoms with Gasteiger partial charge in [-0.05, 0) is 53.9 Å². The first-order valence-corrected chi connectivity index (χ1v) is 9.28. The SMILES string of the molecule is O=C(Nc1ccc(OC(F)(F)F)cc1)c1ccc(Cl)c(NC(=O)c2cccs2)c1. The summed E-state index contributed by atoms with van der Waals surface area (Å²) in [5, 5.41) is 7.19. The minimum absolute atomic E-state index is 0.200. The van der Waals surface area contributed by atoms with Crippen LogP contribution in [-0.2, 0) is 0 Å². The number of carbonyl (C=O) groups excluding carboxylic acids is 2. The molecule has 10 heteroatoms. The highest BCUT2D eigenvalue weighted by molar-refractivity contribution is 7.12. The molecule has 0 spiro atoms. The summed E-state index contributed by atoms with van der Waals surface area (Å²) in [5.41, 5.74) is 0.724. The Bertz CT molecular complexity index is 1020. The van der Waals surface area contributed by atoms with E-state index in [4.69, 9.17) is 11.6 Å². The summed E-state index contributed by atoms with van der Waals surface area (Å²) in [4.78, 5) is 25.1. The Morgan fingerprint density at radius 3 is 2.31 bits per heavy atom. The highest BCUT2D eigenvalue weighted by Crippen LogP contribution is 2.26. The zero-order chi connectivity index (χ0) is 21.0. The molecule has 0 fully saturated rings. The lowest BCUT2D eigenvalue weighted by molar-refractivity contribution is -0.274. The number of amides is 2. The lowest BCUT2D eigenvalue weighted by Crippen LogP contribution is -2.17. The van der Waals surface area contributed by atoms with Crippen LogP contribution in [-0.4, -0.2) is 18.2 Å². The number of halogens is 4. The van der Waals surface area contributed by atoms with Gasteiger partial charge in [-0.15, -0.1) is 24.5 Å². The van der Waals surface area contributed by atoms with Crippen LogP contribution in [0.3, 0.4) is 0 Å². The van der Waals surface area contributed by atoms with Crippen molar-refractivity contribution in [3.8, 4) is 5.75 Å². The summed E-state index contributed by atoms with van der Waals surface area (Å²) in [5.74, 6) is -1.29. The van der Waals surface area contributed by atoms with Crippen LogP contribution in [0, 0.1) is 0 Å². The normalized spacial score (nSPS) is 11.0. The fourth-order valence-corrected chi connectivity index (χ4v) is 3.08. The molecule has 1 aromatic heterocycles. The van der Waals surface area contributed by atoms with E-state index in [1.54, 1.807) is 17.5 Å². The summed E-state index contributed by atoms with van der Waals surface area (Å²) >= 11 is 7.35. The molecule has 0 saturated carbocycles. The number of nitrogens with one attached hydrogen (secondary N) is 2. The molecule has 0 aliphatic rings. The van der Waals surface area contributed by atoms with Crippen molar-refractivity contribution in [1.29, 1.82) is 0 Å². The molecule has 0 saturated heterocycles. The highest BCUT2D eigenvalue weighted by Gasteiger charge is 2.31. The quantitative estimate of drug-likeness (QED) is 0.526. The van der Waals surface area contributed by atoms with Crippen molar-refractivity contribution in [1.82, 2.24) is 0 Å². The van der Waals surface area contributed by atoms with Gasteiger partial charge in [-0.25, -0.2) is 0 Å². The van der Waals surface area contributed by atoms with Gasteiger partial charge in [0.2, 0.25) is 0 Å². The minimum atomic E-state index is -4.79. The van der Waals surface area contributed by atoms with Gasteiger partial charge in [-0.2, -0.15) is 0 Å². The molecule has 0 atom stereocenters. The van der Waals surface area contributed by atoms with Gasteiger partial charge < -0.3 is 15.4 Å². The second kappa shape index (κ2) is 8.54. The average molecular weight is 441 g/mol. The number of hydrogen-bond acceptors (Lipinski definition) is 4. The predicted molar refractivity (Wildman–Crippen MR) is 105 cm³/mol. The van der Waals surface area contributed by atoms with Crippen LogP contribution in [0.2, 0.25) is 5.02 Å². The van der Waals surface area contributed by atoms with E-state index in [2.05, 4.69) is 15.4 Å². The fourth-order valence-electron chi connectivity index (χ4n) is 2.30. The Balaban J connectivity index is 1.70. The Kier molecular flexibility index (Phi) is 6.09. The van der Waals surface area contributed by atoms with E-state index in [0.717, 1.165) is 12.1 Å². The van der Waals surface area contributed by atoms with E-state index in [1.165, 1.54) is 41.7 Å². The van der Waals surface area contributed by atoms with Crippen LogP contribution in [0.4, 0.5) is 24.5 Å². The second-order valence-corrected chi connectivity index (χ2v) is 7.01. The average Bonchev–Trinajstić information content (AvgIpc) is 3.19. The van der Waals surface area contributed by atoms with Crippen molar-refractivity contribution in [2.75, 3.05) is 10.6 Å². The maximum atomic E-state index is 12.4. The first-order valence-electron chi connectivity index (χ1n) is 8.03. The zero-order valence-electron chi connectivity index (χ0n) is 14.4. The summed E-state index contributed by atoms with van der Waals surface area (Å²) < 4.78 is 40.4. The Morgan fingerprint density at radius 2 is 1.69 bits per heavy atom. The molecule has 150 valence electrons. The van der Waals surface area contributed by atoms with Crippen molar-refractivity contribution in [2.45, 2.75) is 6.36 Å². The molecule has 29 heavy (non-hydrogen) atoms. The fraction of sp³-hybridized carbons (Fsp3) is 0.0526. The highest BCUT2D eigenvalue weighted by atomic mass is 35.5. The zero-order valence-corrected chi connectivity index (χ0v) is 16.0. The maximum absolute atomic E-state index is 12.4. The molecule has 0 aliphatic heterocycles. The lowest BCUT2D eigenvalue weighted by atomic mass is 10.1.